The van der Waals surface area contributed by atoms with E-state index in [1.54, 1.807) is 0 Å². The highest BCUT2D eigenvalue weighted by atomic mass is 16.6. The highest BCUT2D eigenvalue weighted by Crippen LogP contribution is 2.29. The second kappa shape index (κ2) is 10.2. The predicted octanol–water partition coefficient (Wildman–Crippen LogP) is 5.06. The van der Waals surface area contributed by atoms with Crippen molar-refractivity contribution >= 4 is 6.09 Å². The van der Waals surface area contributed by atoms with Crippen LogP contribution in [-0.4, -0.2) is 28.9 Å². The number of carbonyl (C=O) groups excluding carboxylic acids is 1. The average Bonchev–Trinajstić information content (AvgIpc) is 2.50. The number of rotatable bonds is 8. The van der Waals surface area contributed by atoms with Crippen molar-refractivity contribution in [3.63, 3.8) is 0 Å². The molecule has 0 heterocycles. The number of hydrogen-bond acceptors (Lipinski definition) is 3. The number of carbonyl (C=O) groups is 1. The Morgan fingerprint density at radius 3 is 2.36 bits per heavy atom. The van der Waals surface area contributed by atoms with Gasteiger partial charge in [0.25, 0.3) is 0 Å². The molecule has 0 bridgehead atoms. The molecule has 2 N–H and O–H groups in total. The van der Waals surface area contributed by atoms with Crippen LogP contribution in [0.5, 0.6) is 0 Å². The summed E-state index contributed by atoms with van der Waals surface area (Å²) in [7, 11) is 0. The van der Waals surface area contributed by atoms with E-state index in [2.05, 4.69) is 25.7 Å². The first-order valence-electron chi connectivity index (χ1n) is 9.92. The lowest BCUT2D eigenvalue weighted by molar-refractivity contribution is 0.0354. The summed E-state index contributed by atoms with van der Waals surface area (Å²) in [6.07, 6.45) is 8.52. The first kappa shape index (κ1) is 22.0. The number of ether oxygens (including phenoxy) is 1. The molecule has 0 aromatic carbocycles. The summed E-state index contributed by atoms with van der Waals surface area (Å²) < 4.78 is 5.40. The van der Waals surface area contributed by atoms with Gasteiger partial charge in [-0.2, -0.15) is 0 Å². The lowest BCUT2D eigenvalue weighted by Gasteiger charge is -2.32. The first-order valence-corrected chi connectivity index (χ1v) is 9.92. The van der Waals surface area contributed by atoms with Crippen molar-refractivity contribution in [1.29, 1.82) is 0 Å². The summed E-state index contributed by atoms with van der Waals surface area (Å²) in [4.78, 5) is 12.2. The van der Waals surface area contributed by atoms with Crippen molar-refractivity contribution in [1.82, 2.24) is 5.32 Å². The molecule has 1 rings (SSSR count). The van der Waals surface area contributed by atoms with Gasteiger partial charge in [0.05, 0.1) is 12.1 Å². The molecule has 0 spiro atoms. The van der Waals surface area contributed by atoms with Crippen LogP contribution in [-0.2, 0) is 4.74 Å². The quantitative estimate of drug-likeness (QED) is 0.600. The van der Waals surface area contributed by atoms with Crippen molar-refractivity contribution in [3.8, 4) is 0 Å². The molecule has 4 heteroatoms. The van der Waals surface area contributed by atoms with Crippen molar-refractivity contribution in [2.45, 2.75) is 97.3 Å². The van der Waals surface area contributed by atoms with E-state index < -0.39 is 17.8 Å². The zero-order chi connectivity index (χ0) is 19.0. The Morgan fingerprint density at radius 2 is 1.88 bits per heavy atom. The molecule has 4 nitrogen and oxygen atoms in total. The van der Waals surface area contributed by atoms with Gasteiger partial charge >= 0.3 is 6.09 Å². The van der Waals surface area contributed by atoms with Crippen LogP contribution in [0.4, 0.5) is 4.79 Å². The molecule has 1 amide bonds. The van der Waals surface area contributed by atoms with Crippen molar-refractivity contribution in [3.05, 3.63) is 12.7 Å². The third-order valence-electron chi connectivity index (χ3n) is 5.15. The van der Waals surface area contributed by atoms with Crippen molar-refractivity contribution in [2.75, 3.05) is 0 Å². The Bertz CT molecular complexity index is 408. The molecule has 1 aliphatic carbocycles. The molecule has 0 saturated heterocycles. The number of aliphatic hydroxyl groups is 1. The van der Waals surface area contributed by atoms with Crippen molar-refractivity contribution in [2.24, 2.45) is 17.8 Å². The fourth-order valence-electron chi connectivity index (χ4n) is 3.64. The van der Waals surface area contributed by atoms with E-state index in [-0.39, 0.29) is 12.0 Å². The fraction of sp³-hybridized carbons (Fsp3) is 0.857. The maximum absolute atomic E-state index is 12.2. The summed E-state index contributed by atoms with van der Waals surface area (Å²) in [5.74, 6) is 1.23. The number of aliphatic hydroxyl groups excluding tert-OH is 1. The Kier molecular flexibility index (Phi) is 8.98. The van der Waals surface area contributed by atoms with Crippen LogP contribution in [0.15, 0.2) is 12.7 Å². The Labute approximate surface area is 154 Å². The first-order chi connectivity index (χ1) is 11.6. The zero-order valence-electron chi connectivity index (χ0n) is 16.9. The van der Waals surface area contributed by atoms with Crippen LogP contribution < -0.4 is 5.32 Å². The van der Waals surface area contributed by atoms with Crippen LogP contribution in [0.1, 0.15) is 79.6 Å². The number of alkyl carbamates (subject to hydrolysis) is 1. The molecule has 2 unspecified atom stereocenters. The van der Waals surface area contributed by atoms with Crippen LogP contribution in [0.3, 0.4) is 0 Å². The van der Waals surface area contributed by atoms with Gasteiger partial charge < -0.3 is 15.2 Å². The fourth-order valence-corrected chi connectivity index (χ4v) is 3.64. The Hall–Kier alpha value is -1.03. The van der Waals surface area contributed by atoms with E-state index in [0.717, 1.165) is 6.42 Å². The maximum atomic E-state index is 12.2. The summed E-state index contributed by atoms with van der Waals surface area (Å²) in [5.41, 5.74) is -0.536. The predicted molar refractivity (Wildman–Crippen MR) is 103 cm³/mol. The van der Waals surface area contributed by atoms with Crippen molar-refractivity contribution < 1.29 is 14.6 Å². The molecule has 0 aromatic rings. The SMILES string of the molecule is C=C[C@@H](CC(O)C(CC1CCCCC1)NC(=O)OC(C)(C)C)C(C)C. The Balaban J connectivity index is 2.74. The van der Waals surface area contributed by atoms with Gasteiger partial charge in [-0.05, 0) is 51.4 Å². The molecular formula is C21H39NO3. The molecule has 146 valence electrons. The highest BCUT2D eigenvalue weighted by Gasteiger charge is 2.29. The van der Waals surface area contributed by atoms with Gasteiger partial charge in [-0.15, -0.1) is 6.58 Å². The molecule has 1 fully saturated rings. The van der Waals surface area contributed by atoms with Crippen LogP contribution >= 0.6 is 0 Å². The summed E-state index contributed by atoms with van der Waals surface area (Å²) in [6, 6.07) is -0.265. The standard InChI is InChI=1S/C21H39NO3/c1-7-17(15(2)3)14-19(23)18(13-16-11-9-8-10-12-16)22-20(24)25-21(4,5)6/h7,15-19,23H,1,8-14H2,2-6H3,(H,22,24)/t17-,18?,19?/m0/s1. The van der Waals surface area contributed by atoms with Gasteiger partial charge in [0, 0.05) is 0 Å². The van der Waals surface area contributed by atoms with Gasteiger partial charge in [0.1, 0.15) is 5.60 Å². The molecule has 0 aliphatic heterocycles. The van der Waals surface area contributed by atoms with E-state index in [1.165, 1.54) is 32.1 Å². The number of hydrogen-bond donors (Lipinski definition) is 2. The van der Waals surface area contributed by atoms with E-state index >= 15 is 0 Å². The lowest BCUT2D eigenvalue weighted by atomic mass is 9.81. The largest absolute Gasteiger partial charge is 0.444 e. The molecule has 25 heavy (non-hydrogen) atoms. The summed E-state index contributed by atoms with van der Waals surface area (Å²) >= 11 is 0. The lowest BCUT2D eigenvalue weighted by Crippen LogP contribution is -2.47. The molecule has 0 aromatic heterocycles. The molecule has 1 aliphatic rings. The third kappa shape index (κ3) is 8.75. The van der Waals surface area contributed by atoms with E-state index in [0.29, 0.717) is 18.3 Å². The number of allylic oxidation sites excluding steroid dienone is 1. The van der Waals surface area contributed by atoms with Crippen LogP contribution in [0.2, 0.25) is 0 Å². The minimum Gasteiger partial charge on any atom is -0.444 e. The highest BCUT2D eigenvalue weighted by molar-refractivity contribution is 5.68. The molecule has 3 atom stereocenters. The number of amides is 1. The maximum Gasteiger partial charge on any atom is 0.407 e. The smallest absolute Gasteiger partial charge is 0.407 e. The third-order valence-corrected chi connectivity index (χ3v) is 5.15. The zero-order valence-corrected chi connectivity index (χ0v) is 16.9. The summed E-state index contributed by atoms with van der Waals surface area (Å²) in [6.45, 7) is 13.7. The molecule has 0 radical (unpaired) electrons. The van der Waals surface area contributed by atoms with E-state index in [9.17, 15) is 9.90 Å². The van der Waals surface area contributed by atoms with Crippen LogP contribution in [0.25, 0.3) is 0 Å². The summed E-state index contributed by atoms with van der Waals surface area (Å²) in [5, 5.41) is 13.8. The minimum atomic E-state index is -0.583. The molecule has 1 saturated carbocycles. The molecular weight excluding hydrogens is 314 g/mol. The normalized spacial score (nSPS) is 20.0. The van der Waals surface area contributed by atoms with Gasteiger partial charge in [-0.25, -0.2) is 4.79 Å². The van der Waals surface area contributed by atoms with Gasteiger partial charge in [0.2, 0.25) is 0 Å². The van der Waals surface area contributed by atoms with Gasteiger partial charge in [0.15, 0.2) is 0 Å². The second-order valence-electron chi connectivity index (χ2n) is 8.94. The van der Waals surface area contributed by atoms with E-state index in [1.807, 2.05) is 26.8 Å². The van der Waals surface area contributed by atoms with E-state index in [4.69, 9.17) is 4.74 Å². The van der Waals surface area contributed by atoms with Gasteiger partial charge in [-0.3, -0.25) is 0 Å². The monoisotopic (exact) mass is 353 g/mol. The topological polar surface area (TPSA) is 58.6 Å². The van der Waals surface area contributed by atoms with Crippen LogP contribution in [0, 0.1) is 17.8 Å². The average molecular weight is 354 g/mol. The van der Waals surface area contributed by atoms with Gasteiger partial charge in [-0.1, -0.05) is 52.0 Å². The Morgan fingerprint density at radius 1 is 1.28 bits per heavy atom. The second-order valence-corrected chi connectivity index (χ2v) is 8.94. The minimum absolute atomic E-state index is 0.240. The number of nitrogens with one attached hydrogen (secondary N) is 1.